The van der Waals surface area contributed by atoms with E-state index in [0.29, 0.717) is 24.4 Å². The highest BCUT2D eigenvalue weighted by atomic mass is 32.2. The van der Waals surface area contributed by atoms with Crippen molar-refractivity contribution in [2.45, 2.75) is 57.5 Å². The highest BCUT2D eigenvalue weighted by Crippen LogP contribution is 2.47. The van der Waals surface area contributed by atoms with Crippen LogP contribution in [0.2, 0.25) is 0 Å². The van der Waals surface area contributed by atoms with Gasteiger partial charge in [-0.3, -0.25) is 4.79 Å². The van der Waals surface area contributed by atoms with E-state index in [0.717, 1.165) is 24.0 Å². The van der Waals surface area contributed by atoms with Crippen molar-refractivity contribution in [2.75, 3.05) is 13.6 Å². The summed E-state index contributed by atoms with van der Waals surface area (Å²) in [5.74, 6) is 0.240. The molecule has 0 bridgehead atoms. The number of rotatable bonds is 4. The second kappa shape index (κ2) is 5.85. The third-order valence-electron chi connectivity index (χ3n) is 5.40. The average Bonchev–Trinajstić information content (AvgIpc) is 3.31. The molecule has 1 amide bonds. The number of carbonyl (C=O) groups excluding carboxylic acids is 1. The number of carbonyl (C=O) groups is 1. The molecule has 132 valence electrons. The van der Waals surface area contributed by atoms with Crippen molar-refractivity contribution in [1.29, 1.82) is 0 Å². The Kier molecular flexibility index (Phi) is 4.24. The molecule has 24 heavy (non-hydrogen) atoms. The fourth-order valence-corrected chi connectivity index (χ4v) is 4.51. The van der Waals surface area contributed by atoms with Crippen LogP contribution in [0.25, 0.3) is 0 Å². The number of hydrogen-bond acceptors (Lipinski definition) is 3. The molecule has 1 aromatic rings. The smallest absolute Gasteiger partial charge is 0.243 e. The van der Waals surface area contributed by atoms with Crippen LogP contribution in [0.15, 0.2) is 23.1 Å². The lowest BCUT2D eigenvalue weighted by molar-refractivity contribution is -0.137. The van der Waals surface area contributed by atoms with Gasteiger partial charge in [0.1, 0.15) is 0 Å². The molecule has 0 aromatic heterocycles. The fraction of sp³-hybridized carbons (Fsp3) is 0.611. The maximum atomic E-state index is 12.6. The molecule has 0 radical (unpaired) electrons. The first kappa shape index (κ1) is 17.4. The van der Waals surface area contributed by atoms with Crippen LogP contribution in [0.5, 0.6) is 0 Å². The molecule has 1 aliphatic heterocycles. The molecule has 0 unspecified atom stereocenters. The van der Waals surface area contributed by atoms with Gasteiger partial charge in [0.2, 0.25) is 15.9 Å². The Morgan fingerprint density at radius 3 is 2.50 bits per heavy atom. The van der Waals surface area contributed by atoms with Gasteiger partial charge in [-0.15, -0.1) is 0 Å². The van der Waals surface area contributed by atoms with Gasteiger partial charge in [-0.2, -0.15) is 4.31 Å². The quantitative estimate of drug-likeness (QED) is 0.838. The van der Waals surface area contributed by atoms with E-state index in [1.54, 1.807) is 19.2 Å². The summed E-state index contributed by atoms with van der Waals surface area (Å²) < 4.78 is 26.7. The van der Waals surface area contributed by atoms with E-state index in [1.807, 2.05) is 31.7 Å². The van der Waals surface area contributed by atoms with Gasteiger partial charge in [-0.1, -0.05) is 13.0 Å². The molecular weight excluding hydrogens is 324 g/mol. The van der Waals surface area contributed by atoms with Gasteiger partial charge in [-0.05, 0) is 56.4 Å². The van der Waals surface area contributed by atoms with Crippen LogP contribution in [0.4, 0.5) is 0 Å². The average molecular weight is 350 g/mol. The molecule has 1 heterocycles. The lowest BCUT2D eigenvalue weighted by Gasteiger charge is -2.31. The van der Waals surface area contributed by atoms with Crippen LogP contribution in [-0.4, -0.2) is 43.2 Å². The molecule has 5 nitrogen and oxygen atoms in total. The number of hydrogen-bond donors (Lipinski definition) is 0. The summed E-state index contributed by atoms with van der Waals surface area (Å²) in [6.07, 6.45) is 2.67. The number of amides is 1. The summed E-state index contributed by atoms with van der Waals surface area (Å²) in [7, 11) is -1.85. The Bertz CT molecular complexity index is 766. The van der Waals surface area contributed by atoms with Crippen molar-refractivity contribution in [1.82, 2.24) is 9.21 Å². The fourth-order valence-electron chi connectivity index (χ4n) is 3.09. The number of fused-ring (bicyclic) bond motifs is 1. The summed E-state index contributed by atoms with van der Waals surface area (Å²) in [4.78, 5) is 14.8. The van der Waals surface area contributed by atoms with Crippen molar-refractivity contribution < 1.29 is 13.2 Å². The molecule has 1 fully saturated rings. The van der Waals surface area contributed by atoms with Gasteiger partial charge in [-0.25, -0.2) is 8.42 Å². The van der Waals surface area contributed by atoms with Crippen molar-refractivity contribution >= 4 is 15.9 Å². The van der Waals surface area contributed by atoms with Gasteiger partial charge in [0.25, 0.3) is 0 Å². The zero-order valence-electron chi connectivity index (χ0n) is 14.9. The lowest BCUT2D eigenvalue weighted by Crippen LogP contribution is -2.40. The summed E-state index contributed by atoms with van der Waals surface area (Å²) in [6.45, 7) is 7.01. The molecule has 0 N–H and O–H groups in total. The summed E-state index contributed by atoms with van der Waals surface area (Å²) in [6, 6.07) is 5.23. The van der Waals surface area contributed by atoms with E-state index in [2.05, 4.69) is 0 Å². The van der Waals surface area contributed by atoms with Gasteiger partial charge in [0.05, 0.1) is 4.90 Å². The highest BCUT2D eigenvalue weighted by Gasteiger charge is 2.47. The first-order valence-electron chi connectivity index (χ1n) is 8.54. The third-order valence-corrected chi connectivity index (χ3v) is 7.43. The van der Waals surface area contributed by atoms with E-state index >= 15 is 0 Å². The third kappa shape index (κ3) is 2.97. The van der Waals surface area contributed by atoms with Gasteiger partial charge >= 0.3 is 0 Å². The molecule has 0 saturated heterocycles. The van der Waals surface area contributed by atoms with E-state index < -0.39 is 10.0 Å². The molecule has 2 aliphatic rings. The highest BCUT2D eigenvalue weighted by molar-refractivity contribution is 7.89. The molecule has 3 rings (SSSR count). The van der Waals surface area contributed by atoms with Crippen LogP contribution in [0.3, 0.4) is 0 Å². The van der Waals surface area contributed by atoms with E-state index in [9.17, 15) is 13.2 Å². The Balaban J connectivity index is 1.83. The minimum Gasteiger partial charge on any atom is -0.338 e. The summed E-state index contributed by atoms with van der Waals surface area (Å²) in [5, 5.41) is 0. The second-order valence-corrected chi connectivity index (χ2v) is 9.58. The maximum Gasteiger partial charge on any atom is 0.243 e. The first-order valence-corrected chi connectivity index (χ1v) is 9.98. The topological polar surface area (TPSA) is 57.7 Å². The Labute approximate surface area is 144 Å². The zero-order chi connectivity index (χ0) is 17.7. The number of nitrogens with zero attached hydrogens (tertiary/aromatic N) is 2. The van der Waals surface area contributed by atoms with Crippen LogP contribution in [0.1, 0.15) is 44.7 Å². The monoisotopic (exact) mass is 350 g/mol. The van der Waals surface area contributed by atoms with Crippen molar-refractivity contribution in [3.05, 3.63) is 29.3 Å². The lowest BCUT2D eigenvalue weighted by atomic mass is 9.98. The van der Waals surface area contributed by atoms with Crippen LogP contribution >= 0.6 is 0 Å². The SMILES string of the molecule is CC(C)N(C)S(=O)(=O)c1ccc2c(c1)CCN(C(=O)C1(C)CC1)C2. The van der Waals surface area contributed by atoms with Crippen molar-refractivity contribution in [2.24, 2.45) is 5.41 Å². The van der Waals surface area contributed by atoms with E-state index in [1.165, 1.54) is 4.31 Å². The zero-order valence-corrected chi connectivity index (χ0v) is 15.7. The molecule has 0 atom stereocenters. The predicted molar refractivity (Wildman–Crippen MR) is 93.0 cm³/mol. The first-order chi connectivity index (χ1) is 11.1. The van der Waals surface area contributed by atoms with E-state index in [4.69, 9.17) is 0 Å². The Morgan fingerprint density at radius 1 is 1.25 bits per heavy atom. The number of benzene rings is 1. The van der Waals surface area contributed by atoms with Crippen LogP contribution < -0.4 is 0 Å². The largest absolute Gasteiger partial charge is 0.338 e. The molecule has 0 spiro atoms. The minimum absolute atomic E-state index is 0.0848. The van der Waals surface area contributed by atoms with Crippen LogP contribution in [0, 0.1) is 5.41 Å². The second-order valence-electron chi connectivity index (χ2n) is 7.58. The molecule has 6 heteroatoms. The van der Waals surface area contributed by atoms with Crippen molar-refractivity contribution in [3.8, 4) is 0 Å². The molecular formula is C18H26N2O3S. The Hall–Kier alpha value is -1.40. The normalized spacial score (nSPS) is 19.5. The van der Waals surface area contributed by atoms with Crippen molar-refractivity contribution in [3.63, 3.8) is 0 Å². The molecule has 1 aliphatic carbocycles. The number of sulfonamides is 1. The molecule has 1 aromatic carbocycles. The minimum atomic E-state index is -3.46. The van der Waals surface area contributed by atoms with Crippen LogP contribution in [-0.2, 0) is 27.8 Å². The van der Waals surface area contributed by atoms with Gasteiger partial charge in [0.15, 0.2) is 0 Å². The maximum absolute atomic E-state index is 12.6. The summed E-state index contributed by atoms with van der Waals surface area (Å²) >= 11 is 0. The van der Waals surface area contributed by atoms with E-state index in [-0.39, 0.29) is 17.4 Å². The Morgan fingerprint density at radius 2 is 1.92 bits per heavy atom. The van der Waals surface area contributed by atoms with Gasteiger partial charge < -0.3 is 4.90 Å². The van der Waals surface area contributed by atoms with Gasteiger partial charge in [0, 0.05) is 31.6 Å². The standard InChI is InChI=1S/C18H26N2O3S/c1-13(2)19(4)24(22,23)16-6-5-15-12-20(10-7-14(15)11-16)17(21)18(3)8-9-18/h5-6,11,13H,7-10,12H2,1-4H3. The summed E-state index contributed by atoms with van der Waals surface area (Å²) in [5.41, 5.74) is 1.95. The molecule has 1 saturated carbocycles. The predicted octanol–water partition coefficient (Wildman–Crippen LogP) is 2.40.